The molecule has 0 aliphatic carbocycles. The molecular weight excluding hydrogens is 282 g/mol. The molecule has 0 unspecified atom stereocenters. The van der Waals surface area contributed by atoms with Gasteiger partial charge in [-0.2, -0.15) is 5.10 Å². The molecule has 0 radical (unpaired) electrons. The van der Waals surface area contributed by atoms with Gasteiger partial charge in [0.1, 0.15) is 0 Å². The van der Waals surface area contributed by atoms with Gasteiger partial charge >= 0.3 is 6.03 Å². The van der Waals surface area contributed by atoms with Crippen molar-refractivity contribution in [3.05, 3.63) is 39.9 Å². The quantitative estimate of drug-likeness (QED) is 0.424. The van der Waals surface area contributed by atoms with Crippen molar-refractivity contribution in [2.75, 3.05) is 11.1 Å². The maximum atomic E-state index is 11.4. The van der Waals surface area contributed by atoms with Crippen molar-refractivity contribution in [1.29, 1.82) is 0 Å². The molecule has 1 heterocycles. The number of nitro benzene ring substituents is 1. The Bertz CT molecular complexity index is 679. The average molecular weight is 291 g/mol. The van der Waals surface area contributed by atoms with Crippen LogP contribution in [0.4, 0.5) is 22.1 Å². The van der Waals surface area contributed by atoms with Crippen LogP contribution in [0, 0.1) is 10.1 Å². The van der Waals surface area contributed by atoms with Crippen LogP contribution in [0.2, 0.25) is 0 Å². The molecule has 2 amide bonds. The van der Waals surface area contributed by atoms with Crippen molar-refractivity contribution in [2.45, 2.75) is 0 Å². The van der Waals surface area contributed by atoms with Crippen LogP contribution in [-0.4, -0.2) is 27.5 Å². The third kappa shape index (κ3) is 3.73. The fourth-order valence-corrected chi connectivity index (χ4v) is 1.27. The number of carbonyl (C=O) groups is 1. The maximum absolute atomic E-state index is 11.4. The van der Waals surface area contributed by atoms with E-state index in [1.54, 1.807) is 0 Å². The van der Waals surface area contributed by atoms with Crippen LogP contribution >= 0.6 is 0 Å². The van der Waals surface area contributed by atoms with Gasteiger partial charge in [0, 0.05) is 12.1 Å². The molecule has 0 fully saturated rings. The first-order chi connectivity index (χ1) is 10.1. The molecule has 0 saturated heterocycles. The topological polar surface area (TPSA) is 162 Å². The third-order valence-corrected chi connectivity index (χ3v) is 2.23. The largest absolute Gasteiger partial charge is 0.378 e. The van der Waals surface area contributed by atoms with Crippen LogP contribution in [0.1, 0.15) is 5.56 Å². The van der Waals surface area contributed by atoms with Gasteiger partial charge in [-0.1, -0.05) is 0 Å². The molecular formula is C10H9N7O4. The first-order valence-electron chi connectivity index (χ1n) is 5.49. The zero-order chi connectivity index (χ0) is 15.2. The van der Waals surface area contributed by atoms with E-state index in [0.717, 1.165) is 0 Å². The van der Waals surface area contributed by atoms with Crippen molar-refractivity contribution < 1.29 is 14.3 Å². The van der Waals surface area contributed by atoms with E-state index < -0.39 is 11.0 Å². The lowest BCUT2D eigenvalue weighted by Gasteiger charge is -1.99. The van der Waals surface area contributed by atoms with Gasteiger partial charge in [0.25, 0.3) is 5.69 Å². The van der Waals surface area contributed by atoms with Crippen molar-refractivity contribution >= 4 is 29.6 Å². The number of carbonyl (C=O) groups excluding carboxylic acids is 1. The van der Waals surface area contributed by atoms with Crippen LogP contribution in [0.3, 0.4) is 0 Å². The molecule has 2 aromatic rings. The molecule has 1 aromatic carbocycles. The zero-order valence-electron chi connectivity index (χ0n) is 10.4. The van der Waals surface area contributed by atoms with E-state index in [0.29, 0.717) is 5.56 Å². The molecule has 108 valence electrons. The first-order valence-corrected chi connectivity index (χ1v) is 5.49. The summed E-state index contributed by atoms with van der Waals surface area (Å²) in [6.45, 7) is 0. The summed E-state index contributed by atoms with van der Waals surface area (Å²) in [5, 5.41) is 23.0. The Hall–Kier alpha value is -3.50. The Kier molecular flexibility index (Phi) is 4.04. The van der Waals surface area contributed by atoms with Crippen molar-refractivity contribution in [3.8, 4) is 0 Å². The number of nitrogens with one attached hydrogen (secondary N) is 2. The predicted molar refractivity (Wildman–Crippen MR) is 71.6 cm³/mol. The number of urea groups is 1. The SMILES string of the molecule is Nc1nonc1NC(=O)N/N=C\c1ccc([N+](=O)[O-])cc1. The highest BCUT2D eigenvalue weighted by atomic mass is 16.6. The Balaban J connectivity index is 1.88. The number of aromatic nitrogens is 2. The number of rotatable bonds is 4. The highest BCUT2D eigenvalue weighted by Crippen LogP contribution is 2.11. The summed E-state index contributed by atoms with van der Waals surface area (Å²) in [4.78, 5) is 21.4. The van der Waals surface area contributed by atoms with Crippen LogP contribution in [0.25, 0.3) is 0 Å². The lowest BCUT2D eigenvalue weighted by atomic mass is 10.2. The van der Waals surface area contributed by atoms with Gasteiger partial charge in [-0.15, -0.1) is 0 Å². The number of benzene rings is 1. The molecule has 4 N–H and O–H groups in total. The standard InChI is InChI=1S/C10H9N7O4/c11-8-9(16-21-15-8)13-10(18)14-12-5-6-1-3-7(4-2-6)17(19)20/h1-5H,(H2,11,15)(H2,13,14,16,18)/b12-5-. The Labute approximate surface area is 116 Å². The number of hydrazone groups is 1. The van der Waals surface area contributed by atoms with E-state index >= 15 is 0 Å². The number of hydrogen-bond donors (Lipinski definition) is 3. The van der Waals surface area contributed by atoms with Gasteiger partial charge in [0.15, 0.2) is 0 Å². The number of nitrogen functional groups attached to an aromatic ring is 1. The number of hydrogen-bond acceptors (Lipinski definition) is 8. The summed E-state index contributed by atoms with van der Waals surface area (Å²) in [7, 11) is 0. The van der Waals surface area contributed by atoms with Gasteiger partial charge in [0.2, 0.25) is 11.6 Å². The molecule has 21 heavy (non-hydrogen) atoms. The van der Waals surface area contributed by atoms with Gasteiger partial charge < -0.3 is 5.73 Å². The second kappa shape index (κ2) is 6.10. The van der Waals surface area contributed by atoms with E-state index in [-0.39, 0.29) is 17.3 Å². The molecule has 0 aliphatic rings. The van der Waals surface area contributed by atoms with Crippen LogP contribution in [-0.2, 0) is 0 Å². The second-order valence-corrected chi connectivity index (χ2v) is 3.67. The van der Waals surface area contributed by atoms with Crippen molar-refractivity contribution in [1.82, 2.24) is 15.7 Å². The molecule has 11 heteroatoms. The van der Waals surface area contributed by atoms with Gasteiger partial charge in [-0.3, -0.25) is 15.4 Å². The monoisotopic (exact) mass is 291 g/mol. The number of nitrogens with zero attached hydrogens (tertiary/aromatic N) is 4. The molecule has 0 atom stereocenters. The molecule has 2 rings (SSSR count). The fraction of sp³-hybridized carbons (Fsp3) is 0. The fourth-order valence-electron chi connectivity index (χ4n) is 1.27. The molecule has 0 bridgehead atoms. The van der Waals surface area contributed by atoms with E-state index in [9.17, 15) is 14.9 Å². The Morgan fingerprint density at radius 3 is 2.67 bits per heavy atom. The molecule has 0 aliphatic heterocycles. The predicted octanol–water partition coefficient (Wildman–Crippen LogP) is 0.716. The van der Waals surface area contributed by atoms with Crippen LogP contribution < -0.4 is 16.5 Å². The number of nitrogens with two attached hydrogens (primary N) is 1. The van der Waals surface area contributed by atoms with E-state index in [2.05, 4.69) is 30.8 Å². The Morgan fingerprint density at radius 2 is 2.10 bits per heavy atom. The Morgan fingerprint density at radius 1 is 1.38 bits per heavy atom. The number of non-ortho nitro benzene ring substituents is 1. The molecule has 1 aromatic heterocycles. The summed E-state index contributed by atoms with van der Waals surface area (Å²) >= 11 is 0. The summed E-state index contributed by atoms with van der Waals surface area (Å²) in [6, 6.07) is 4.92. The summed E-state index contributed by atoms with van der Waals surface area (Å²) in [5.41, 5.74) is 8.04. The number of amides is 2. The van der Waals surface area contributed by atoms with Crippen LogP contribution in [0.5, 0.6) is 0 Å². The normalized spacial score (nSPS) is 10.5. The van der Waals surface area contributed by atoms with Crippen molar-refractivity contribution in [3.63, 3.8) is 0 Å². The van der Waals surface area contributed by atoms with E-state index in [1.165, 1.54) is 30.5 Å². The summed E-state index contributed by atoms with van der Waals surface area (Å²) < 4.78 is 4.29. The van der Waals surface area contributed by atoms with E-state index in [4.69, 9.17) is 5.73 Å². The third-order valence-electron chi connectivity index (χ3n) is 2.23. The molecule has 0 spiro atoms. The number of nitro groups is 1. The van der Waals surface area contributed by atoms with Crippen LogP contribution in [0.15, 0.2) is 34.0 Å². The summed E-state index contributed by atoms with van der Waals surface area (Å²) in [5.74, 6) is -0.0949. The van der Waals surface area contributed by atoms with Gasteiger partial charge in [-0.05, 0) is 28.0 Å². The molecule has 11 nitrogen and oxygen atoms in total. The highest BCUT2D eigenvalue weighted by Gasteiger charge is 2.09. The first kappa shape index (κ1) is 13.9. The smallest absolute Gasteiger partial charge is 0.340 e. The lowest BCUT2D eigenvalue weighted by molar-refractivity contribution is -0.384. The highest BCUT2D eigenvalue weighted by molar-refractivity contribution is 5.91. The second-order valence-electron chi connectivity index (χ2n) is 3.67. The summed E-state index contributed by atoms with van der Waals surface area (Å²) in [6.07, 6.45) is 1.31. The van der Waals surface area contributed by atoms with E-state index in [1.807, 2.05) is 0 Å². The minimum Gasteiger partial charge on any atom is -0.378 e. The number of anilines is 2. The average Bonchev–Trinajstić information content (AvgIpc) is 2.85. The molecule has 0 saturated carbocycles. The zero-order valence-corrected chi connectivity index (χ0v) is 10.4. The lowest BCUT2D eigenvalue weighted by Crippen LogP contribution is -2.24. The minimum atomic E-state index is -0.699. The van der Waals surface area contributed by atoms with Gasteiger partial charge in [0.05, 0.1) is 11.1 Å². The maximum Gasteiger partial charge on any atom is 0.340 e. The van der Waals surface area contributed by atoms with Crippen molar-refractivity contribution in [2.24, 2.45) is 5.10 Å². The van der Waals surface area contributed by atoms with Gasteiger partial charge in [-0.25, -0.2) is 14.8 Å². The minimum absolute atomic E-state index is 0.0296.